The lowest BCUT2D eigenvalue weighted by atomic mass is 10.1. The molecule has 0 radical (unpaired) electrons. The Labute approximate surface area is 161 Å². The lowest BCUT2D eigenvalue weighted by molar-refractivity contribution is 0.117. The van der Waals surface area contributed by atoms with Gasteiger partial charge in [0.2, 0.25) is 0 Å². The Kier molecular flexibility index (Phi) is 6.42. The molecule has 5 nitrogen and oxygen atoms in total. The number of aromatic nitrogens is 2. The second-order valence-electron chi connectivity index (χ2n) is 6.79. The second-order valence-corrected chi connectivity index (χ2v) is 7.70. The first-order valence-corrected chi connectivity index (χ1v) is 10.1. The van der Waals surface area contributed by atoms with Gasteiger partial charge >= 0.3 is 0 Å². The first-order valence-electron chi connectivity index (χ1n) is 9.32. The molecule has 1 fully saturated rings. The molecule has 0 aliphatic carbocycles. The minimum absolute atomic E-state index is 0.00733. The van der Waals surface area contributed by atoms with Crippen molar-refractivity contribution in [2.45, 2.75) is 45.3 Å². The van der Waals surface area contributed by atoms with E-state index in [4.69, 9.17) is 4.98 Å². The molecule has 0 saturated carbocycles. The Morgan fingerprint density at radius 2 is 2.23 bits per heavy atom. The van der Waals surface area contributed by atoms with Gasteiger partial charge in [-0.3, -0.25) is 14.3 Å². The van der Waals surface area contributed by atoms with Gasteiger partial charge in [-0.15, -0.1) is 0 Å². The highest BCUT2D eigenvalue weighted by atomic mass is 79.9. The summed E-state index contributed by atoms with van der Waals surface area (Å²) >= 11 is 3.44. The normalized spacial score (nSPS) is 19.8. The molecule has 26 heavy (non-hydrogen) atoms. The number of piperazine rings is 1. The van der Waals surface area contributed by atoms with Crippen molar-refractivity contribution >= 4 is 26.8 Å². The smallest absolute Gasteiger partial charge is 0.261 e. The summed E-state index contributed by atoms with van der Waals surface area (Å²) in [5.41, 5.74) is 0.711. The van der Waals surface area contributed by atoms with Gasteiger partial charge in [0.1, 0.15) is 12.5 Å². The van der Waals surface area contributed by atoms with Crippen molar-refractivity contribution in [3.63, 3.8) is 0 Å². The monoisotopic (exact) mass is 424 g/mol. The average Bonchev–Trinajstić information content (AvgIpc) is 2.66. The summed E-state index contributed by atoms with van der Waals surface area (Å²) in [5, 5.41) is 3.84. The van der Waals surface area contributed by atoms with Gasteiger partial charge in [-0.2, -0.15) is 0 Å². The third-order valence-corrected chi connectivity index (χ3v) is 5.53. The van der Waals surface area contributed by atoms with Gasteiger partial charge < -0.3 is 5.32 Å². The SMILES string of the molecule is CCC[C@H](c1nc2ccc(Br)cc2c(=O)n1CC)N1CCN[C@H](CF)C1. The molecule has 0 unspecified atom stereocenters. The fourth-order valence-electron chi connectivity index (χ4n) is 3.76. The van der Waals surface area contributed by atoms with Crippen molar-refractivity contribution in [1.29, 1.82) is 0 Å². The summed E-state index contributed by atoms with van der Waals surface area (Å²) in [7, 11) is 0. The number of nitrogens with zero attached hydrogens (tertiary/aromatic N) is 3. The molecule has 0 bridgehead atoms. The summed E-state index contributed by atoms with van der Waals surface area (Å²) < 4.78 is 15.8. The van der Waals surface area contributed by atoms with E-state index in [2.05, 4.69) is 33.1 Å². The van der Waals surface area contributed by atoms with Crippen LogP contribution in [0, 0.1) is 0 Å². The van der Waals surface area contributed by atoms with E-state index >= 15 is 0 Å². The molecule has 0 spiro atoms. The van der Waals surface area contributed by atoms with Crippen molar-refractivity contribution in [3.05, 3.63) is 38.9 Å². The Bertz CT molecular complexity index is 825. The summed E-state index contributed by atoms with van der Waals surface area (Å²) in [6.45, 7) is 6.53. The van der Waals surface area contributed by atoms with E-state index in [0.717, 1.165) is 41.7 Å². The van der Waals surface area contributed by atoms with Crippen molar-refractivity contribution in [2.75, 3.05) is 26.3 Å². The van der Waals surface area contributed by atoms with Crippen LogP contribution in [-0.4, -0.2) is 46.8 Å². The van der Waals surface area contributed by atoms with Crippen LogP contribution >= 0.6 is 15.9 Å². The molecule has 0 amide bonds. The summed E-state index contributed by atoms with van der Waals surface area (Å²) in [6, 6.07) is 5.50. The topological polar surface area (TPSA) is 50.2 Å². The molecule has 1 aromatic carbocycles. The zero-order chi connectivity index (χ0) is 18.7. The maximum atomic E-state index is 13.2. The lowest BCUT2D eigenvalue weighted by Crippen LogP contribution is -2.53. The number of fused-ring (bicyclic) bond motifs is 1. The third kappa shape index (κ3) is 3.85. The fraction of sp³-hybridized carbons (Fsp3) is 0.579. The zero-order valence-corrected chi connectivity index (χ0v) is 16.9. The molecule has 7 heteroatoms. The average molecular weight is 425 g/mol. The molecule has 1 aliphatic heterocycles. The van der Waals surface area contributed by atoms with Crippen molar-refractivity contribution in [3.8, 4) is 0 Å². The van der Waals surface area contributed by atoms with Crippen LogP contribution < -0.4 is 10.9 Å². The van der Waals surface area contributed by atoms with Crippen LogP contribution in [0.1, 0.15) is 38.6 Å². The number of alkyl halides is 1. The maximum absolute atomic E-state index is 13.2. The molecule has 2 aromatic rings. The highest BCUT2D eigenvalue weighted by Gasteiger charge is 2.29. The zero-order valence-electron chi connectivity index (χ0n) is 15.3. The van der Waals surface area contributed by atoms with Crippen LogP contribution in [0.4, 0.5) is 4.39 Å². The first kappa shape index (κ1) is 19.5. The highest BCUT2D eigenvalue weighted by molar-refractivity contribution is 9.10. The maximum Gasteiger partial charge on any atom is 0.261 e. The minimum atomic E-state index is -0.380. The second kappa shape index (κ2) is 8.59. The summed E-state index contributed by atoms with van der Waals surface area (Å²) in [4.78, 5) is 20.2. The molecule has 1 N–H and O–H groups in total. The van der Waals surface area contributed by atoms with Gasteiger partial charge in [-0.05, 0) is 31.5 Å². The van der Waals surface area contributed by atoms with E-state index in [1.165, 1.54) is 0 Å². The molecule has 142 valence electrons. The van der Waals surface area contributed by atoms with Crippen LogP contribution in [0.25, 0.3) is 10.9 Å². The number of hydrogen-bond acceptors (Lipinski definition) is 4. The van der Waals surface area contributed by atoms with E-state index in [1.807, 2.05) is 25.1 Å². The van der Waals surface area contributed by atoms with E-state index in [-0.39, 0.29) is 24.3 Å². The molecule has 2 atom stereocenters. The molecule has 3 rings (SSSR count). The largest absolute Gasteiger partial charge is 0.309 e. The van der Waals surface area contributed by atoms with Gasteiger partial charge in [0, 0.05) is 36.7 Å². The van der Waals surface area contributed by atoms with Gasteiger partial charge in [0.05, 0.1) is 16.9 Å². The van der Waals surface area contributed by atoms with Crippen LogP contribution in [0.3, 0.4) is 0 Å². The van der Waals surface area contributed by atoms with Gasteiger partial charge in [0.15, 0.2) is 0 Å². The van der Waals surface area contributed by atoms with Crippen molar-refractivity contribution in [1.82, 2.24) is 19.8 Å². The Morgan fingerprint density at radius 1 is 1.42 bits per heavy atom. The molecular formula is C19H26BrFN4O. The Hall–Kier alpha value is -1.31. The quantitative estimate of drug-likeness (QED) is 0.772. The van der Waals surface area contributed by atoms with E-state index in [1.54, 1.807) is 4.57 Å². The number of rotatable bonds is 6. The molecule has 1 aliphatic rings. The van der Waals surface area contributed by atoms with E-state index < -0.39 is 0 Å². The Balaban J connectivity index is 2.10. The molecule has 2 heterocycles. The minimum Gasteiger partial charge on any atom is -0.309 e. The molecular weight excluding hydrogens is 399 g/mol. The van der Waals surface area contributed by atoms with Crippen LogP contribution in [0.2, 0.25) is 0 Å². The number of halogens is 2. The predicted octanol–water partition coefficient (Wildman–Crippen LogP) is 3.26. The summed E-state index contributed by atoms with van der Waals surface area (Å²) in [5.74, 6) is 0.800. The van der Waals surface area contributed by atoms with Crippen LogP contribution in [-0.2, 0) is 6.54 Å². The fourth-order valence-corrected chi connectivity index (χ4v) is 4.12. The van der Waals surface area contributed by atoms with Crippen molar-refractivity contribution in [2.24, 2.45) is 0 Å². The number of benzene rings is 1. The van der Waals surface area contributed by atoms with E-state index in [9.17, 15) is 9.18 Å². The van der Waals surface area contributed by atoms with Gasteiger partial charge in [0.25, 0.3) is 5.56 Å². The Morgan fingerprint density at radius 3 is 2.92 bits per heavy atom. The van der Waals surface area contributed by atoms with Crippen molar-refractivity contribution < 1.29 is 4.39 Å². The van der Waals surface area contributed by atoms with Crippen LogP contribution in [0.15, 0.2) is 27.5 Å². The highest BCUT2D eigenvalue weighted by Crippen LogP contribution is 2.27. The van der Waals surface area contributed by atoms with Crippen LogP contribution in [0.5, 0.6) is 0 Å². The lowest BCUT2D eigenvalue weighted by Gasteiger charge is -2.38. The molecule has 1 saturated heterocycles. The first-order chi connectivity index (χ1) is 12.6. The predicted molar refractivity (Wildman–Crippen MR) is 106 cm³/mol. The third-order valence-electron chi connectivity index (χ3n) is 5.04. The number of hydrogen-bond donors (Lipinski definition) is 1. The van der Waals surface area contributed by atoms with E-state index in [0.29, 0.717) is 18.5 Å². The van der Waals surface area contributed by atoms with Gasteiger partial charge in [-0.1, -0.05) is 29.3 Å². The standard InChI is InChI=1S/C19H26BrFN4O/c1-3-5-17(24-9-8-22-14(11-21)12-24)18-23-16-7-6-13(20)10-15(16)19(26)25(18)4-2/h6-7,10,14,17,22H,3-5,8-9,11-12H2,1-2H3/t14-,17-/m1/s1. The van der Waals surface area contributed by atoms with Gasteiger partial charge in [-0.25, -0.2) is 9.37 Å². The summed E-state index contributed by atoms with van der Waals surface area (Å²) in [6.07, 6.45) is 1.88. The number of nitrogens with one attached hydrogen (secondary N) is 1. The molecule has 1 aromatic heterocycles.